The zero-order chi connectivity index (χ0) is 20.5. The maximum atomic E-state index is 12.6. The van der Waals surface area contributed by atoms with Gasteiger partial charge in [0.15, 0.2) is 5.69 Å². The Labute approximate surface area is 173 Å². The van der Waals surface area contributed by atoms with Gasteiger partial charge in [-0.05, 0) is 31.0 Å². The van der Waals surface area contributed by atoms with Gasteiger partial charge < -0.3 is 19.7 Å². The van der Waals surface area contributed by atoms with E-state index < -0.39 is 5.56 Å². The quantitative estimate of drug-likeness (QED) is 0.701. The standard InChI is InChI=1S/C21H23N7O2/c29-20-18(22-5-6-23-20)21(30)28-11-9-26(10-12-28)15-3-4-17-16(13-15)19(25-14-24-17)27-7-1-2-8-27/h3-6,13-14H,1-2,7-12H2,(H,23,29). The minimum absolute atomic E-state index is 0.0518. The Balaban J connectivity index is 1.35. The number of rotatable bonds is 3. The van der Waals surface area contributed by atoms with Gasteiger partial charge >= 0.3 is 0 Å². The van der Waals surface area contributed by atoms with E-state index in [2.05, 4.69) is 41.9 Å². The lowest BCUT2D eigenvalue weighted by Gasteiger charge is -2.36. The van der Waals surface area contributed by atoms with Crippen LogP contribution in [0.3, 0.4) is 0 Å². The molecular formula is C21H23N7O2. The van der Waals surface area contributed by atoms with Crippen molar-refractivity contribution in [2.24, 2.45) is 0 Å². The van der Waals surface area contributed by atoms with E-state index in [9.17, 15) is 9.59 Å². The number of aromatic nitrogens is 4. The van der Waals surface area contributed by atoms with Crippen LogP contribution in [0.4, 0.5) is 11.5 Å². The summed E-state index contributed by atoms with van der Waals surface area (Å²) < 4.78 is 0. The molecule has 1 N–H and O–H groups in total. The van der Waals surface area contributed by atoms with E-state index in [1.54, 1.807) is 11.2 Å². The molecule has 0 atom stereocenters. The van der Waals surface area contributed by atoms with Crippen molar-refractivity contribution in [2.75, 3.05) is 49.1 Å². The van der Waals surface area contributed by atoms with Gasteiger partial charge in [0, 0.05) is 62.7 Å². The van der Waals surface area contributed by atoms with Crippen molar-refractivity contribution >= 4 is 28.3 Å². The number of nitrogens with zero attached hydrogens (tertiary/aromatic N) is 6. The molecule has 0 aliphatic carbocycles. The molecule has 30 heavy (non-hydrogen) atoms. The van der Waals surface area contributed by atoms with Crippen molar-refractivity contribution in [3.05, 3.63) is 53.0 Å². The zero-order valence-electron chi connectivity index (χ0n) is 16.6. The number of anilines is 2. The highest BCUT2D eigenvalue weighted by atomic mass is 16.2. The number of hydrogen-bond acceptors (Lipinski definition) is 7. The molecular weight excluding hydrogens is 382 g/mol. The summed E-state index contributed by atoms with van der Waals surface area (Å²) in [5.41, 5.74) is 1.54. The number of benzene rings is 1. The third-order valence-corrected chi connectivity index (χ3v) is 5.85. The van der Waals surface area contributed by atoms with Crippen LogP contribution < -0.4 is 15.4 Å². The predicted molar refractivity (Wildman–Crippen MR) is 114 cm³/mol. The van der Waals surface area contributed by atoms with Crippen molar-refractivity contribution < 1.29 is 4.79 Å². The summed E-state index contributed by atoms with van der Waals surface area (Å²) in [6.07, 6.45) is 6.89. The van der Waals surface area contributed by atoms with Crippen molar-refractivity contribution in [3.8, 4) is 0 Å². The number of amides is 1. The molecule has 4 heterocycles. The molecule has 2 saturated heterocycles. The summed E-state index contributed by atoms with van der Waals surface area (Å²) in [4.78, 5) is 46.2. The topological polar surface area (TPSA) is 98.3 Å². The van der Waals surface area contributed by atoms with Crippen LogP contribution in [0, 0.1) is 0 Å². The van der Waals surface area contributed by atoms with Gasteiger partial charge in [0.25, 0.3) is 11.5 Å². The van der Waals surface area contributed by atoms with Crippen LogP contribution >= 0.6 is 0 Å². The molecule has 2 aromatic heterocycles. The molecule has 0 spiro atoms. The SMILES string of the molecule is O=C(c1ncc[nH]c1=O)N1CCN(c2ccc3ncnc(N4CCCC4)c3c2)CC1. The second-order valence-corrected chi connectivity index (χ2v) is 7.64. The van der Waals surface area contributed by atoms with E-state index in [4.69, 9.17) is 0 Å². The molecule has 5 rings (SSSR count). The van der Waals surface area contributed by atoms with Gasteiger partial charge in [-0.15, -0.1) is 0 Å². The van der Waals surface area contributed by atoms with Gasteiger partial charge in [-0.2, -0.15) is 0 Å². The van der Waals surface area contributed by atoms with E-state index in [1.807, 2.05) is 6.07 Å². The van der Waals surface area contributed by atoms with Crippen LogP contribution in [0.2, 0.25) is 0 Å². The fraction of sp³-hybridized carbons (Fsp3) is 0.381. The number of nitrogens with one attached hydrogen (secondary N) is 1. The third kappa shape index (κ3) is 3.36. The summed E-state index contributed by atoms with van der Waals surface area (Å²) in [6, 6.07) is 6.27. The van der Waals surface area contributed by atoms with Crippen LogP contribution in [-0.2, 0) is 0 Å². The Morgan fingerprint density at radius 3 is 2.50 bits per heavy atom. The van der Waals surface area contributed by atoms with Crippen molar-refractivity contribution in [1.82, 2.24) is 24.8 Å². The van der Waals surface area contributed by atoms with Crippen molar-refractivity contribution in [1.29, 1.82) is 0 Å². The van der Waals surface area contributed by atoms with E-state index >= 15 is 0 Å². The molecule has 3 aromatic rings. The van der Waals surface area contributed by atoms with Gasteiger partial charge in [0.05, 0.1) is 5.52 Å². The molecule has 9 heteroatoms. The molecule has 2 fully saturated rings. The minimum atomic E-state index is -0.450. The number of aromatic amines is 1. The lowest BCUT2D eigenvalue weighted by molar-refractivity contribution is 0.0739. The molecule has 9 nitrogen and oxygen atoms in total. The first-order valence-corrected chi connectivity index (χ1v) is 10.3. The maximum absolute atomic E-state index is 12.6. The molecule has 2 aliphatic heterocycles. The van der Waals surface area contributed by atoms with E-state index in [1.165, 1.54) is 25.2 Å². The predicted octanol–water partition coefficient (Wildman–Crippen LogP) is 1.28. The van der Waals surface area contributed by atoms with Crippen LogP contribution in [0.1, 0.15) is 23.3 Å². The van der Waals surface area contributed by atoms with Gasteiger partial charge in [0.2, 0.25) is 0 Å². The van der Waals surface area contributed by atoms with Crippen molar-refractivity contribution in [3.63, 3.8) is 0 Å². The largest absolute Gasteiger partial charge is 0.368 e. The molecule has 1 aromatic carbocycles. The molecule has 0 radical (unpaired) electrons. The van der Waals surface area contributed by atoms with E-state index in [0.717, 1.165) is 35.5 Å². The van der Waals surface area contributed by atoms with Gasteiger partial charge in [-0.25, -0.2) is 15.0 Å². The number of fused-ring (bicyclic) bond motifs is 1. The second-order valence-electron chi connectivity index (χ2n) is 7.64. The normalized spacial score (nSPS) is 17.0. The fourth-order valence-electron chi connectivity index (χ4n) is 4.23. The Morgan fingerprint density at radius 2 is 1.73 bits per heavy atom. The summed E-state index contributed by atoms with van der Waals surface area (Å²) in [7, 11) is 0. The van der Waals surface area contributed by atoms with Crippen LogP contribution in [-0.4, -0.2) is 70.0 Å². The summed E-state index contributed by atoms with van der Waals surface area (Å²) in [5, 5.41) is 1.07. The number of hydrogen-bond donors (Lipinski definition) is 1. The Hall–Kier alpha value is -3.49. The summed E-state index contributed by atoms with van der Waals surface area (Å²) >= 11 is 0. The number of carbonyl (C=O) groups is 1. The van der Waals surface area contributed by atoms with Gasteiger partial charge in [-0.3, -0.25) is 9.59 Å². The average Bonchev–Trinajstić information content (AvgIpc) is 3.33. The van der Waals surface area contributed by atoms with Crippen LogP contribution in [0.25, 0.3) is 10.9 Å². The van der Waals surface area contributed by atoms with E-state index in [0.29, 0.717) is 26.2 Å². The van der Waals surface area contributed by atoms with Crippen LogP contribution in [0.5, 0.6) is 0 Å². The number of carbonyl (C=O) groups excluding carboxylic acids is 1. The average molecular weight is 405 g/mol. The van der Waals surface area contributed by atoms with Gasteiger partial charge in [-0.1, -0.05) is 0 Å². The minimum Gasteiger partial charge on any atom is -0.368 e. The highest BCUT2D eigenvalue weighted by molar-refractivity contribution is 5.93. The highest BCUT2D eigenvalue weighted by Gasteiger charge is 2.25. The Kier molecular flexibility index (Phi) is 4.78. The Bertz CT molecular complexity index is 1130. The number of H-pyrrole nitrogens is 1. The molecule has 2 aliphatic rings. The summed E-state index contributed by atoms with van der Waals surface area (Å²) in [5.74, 6) is 0.683. The van der Waals surface area contributed by atoms with Crippen LogP contribution in [0.15, 0.2) is 41.7 Å². The molecule has 0 bridgehead atoms. The first-order valence-electron chi connectivity index (χ1n) is 10.3. The monoisotopic (exact) mass is 405 g/mol. The lowest BCUT2D eigenvalue weighted by Crippen LogP contribution is -2.49. The highest BCUT2D eigenvalue weighted by Crippen LogP contribution is 2.30. The molecule has 154 valence electrons. The molecule has 1 amide bonds. The first kappa shape index (κ1) is 18.5. The third-order valence-electron chi connectivity index (χ3n) is 5.85. The van der Waals surface area contributed by atoms with E-state index in [-0.39, 0.29) is 11.6 Å². The van der Waals surface area contributed by atoms with Gasteiger partial charge in [0.1, 0.15) is 12.1 Å². The number of piperazine rings is 1. The first-order chi connectivity index (χ1) is 14.7. The fourth-order valence-corrected chi connectivity index (χ4v) is 4.23. The summed E-state index contributed by atoms with van der Waals surface area (Å²) in [6.45, 7) is 4.52. The zero-order valence-corrected chi connectivity index (χ0v) is 16.6. The molecule has 0 unspecified atom stereocenters. The lowest BCUT2D eigenvalue weighted by atomic mass is 10.1. The Morgan fingerprint density at radius 1 is 0.933 bits per heavy atom. The second kappa shape index (κ2) is 7.74. The maximum Gasteiger partial charge on any atom is 0.279 e. The smallest absolute Gasteiger partial charge is 0.279 e. The molecule has 0 saturated carbocycles. The van der Waals surface area contributed by atoms with Crippen molar-refractivity contribution in [2.45, 2.75) is 12.8 Å².